The molecule has 5 rings (SSSR count). The summed E-state index contributed by atoms with van der Waals surface area (Å²) in [6, 6.07) is 11.9. The number of hydrogen-bond acceptors (Lipinski definition) is 8. The molecule has 0 bridgehead atoms. The van der Waals surface area contributed by atoms with Crippen LogP contribution in [-0.4, -0.2) is 51.3 Å². The molecular weight excluding hydrogens is 354 g/mol. The van der Waals surface area contributed by atoms with Gasteiger partial charge < -0.3 is 14.2 Å². The number of fused-ring (bicyclic) bond motifs is 1. The zero-order chi connectivity index (χ0) is 18.9. The van der Waals surface area contributed by atoms with Crippen molar-refractivity contribution in [1.82, 2.24) is 25.1 Å². The number of anilines is 2. The van der Waals surface area contributed by atoms with Crippen molar-refractivity contribution < 1.29 is 4.42 Å². The van der Waals surface area contributed by atoms with Gasteiger partial charge in [0.1, 0.15) is 23.6 Å². The van der Waals surface area contributed by atoms with E-state index in [1.54, 1.807) is 12.5 Å². The number of benzene rings is 1. The predicted molar refractivity (Wildman–Crippen MR) is 106 cm³/mol. The Labute approximate surface area is 161 Å². The van der Waals surface area contributed by atoms with Crippen LogP contribution in [0.15, 0.2) is 53.3 Å². The number of aromatic nitrogens is 5. The van der Waals surface area contributed by atoms with E-state index in [4.69, 9.17) is 4.42 Å². The van der Waals surface area contributed by atoms with E-state index in [1.165, 1.54) is 0 Å². The molecule has 8 heteroatoms. The van der Waals surface area contributed by atoms with Crippen molar-refractivity contribution >= 4 is 22.7 Å². The molecule has 0 amide bonds. The lowest BCUT2D eigenvalue weighted by molar-refractivity contribution is 0.545. The van der Waals surface area contributed by atoms with Crippen LogP contribution < -0.4 is 9.80 Å². The summed E-state index contributed by atoms with van der Waals surface area (Å²) in [4.78, 5) is 18.0. The summed E-state index contributed by atoms with van der Waals surface area (Å²) in [7, 11) is 0. The first-order valence-electron chi connectivity index (χ1n) is 9.24. The lowest BCUT2D eigenvalue weighted by atomic mass is 10.2. The SMILES string of the molecule is Cc1ccc(-c2cnnc(N3CCN(c4ncnc5ccccc45)CC3)n2)o1. The molecule has 0 spiro atoms. The Bertz CT molecular complexity index is 1110. The quantitative estimate of drug-likeness (QED) is 0.542. The molecule has 0 saturated carbocycles. The fourth-order valence-corrected chi connectivity index (χ4v) is 3.48. The molecule has 1 aromatic carbocycles. The number of piperazine rings is 1. The van der Waals surface area contributed by atoms with Gasteiger partial charge in [-0.3, -0.25) is 0 Å². The van der Waals surface area contributed by atoms with E-state index in [9.17, 15) is 0 Å². The molecule has 0 radical (unpaired) electrons. The molecule has 8 nitrogen and oxygen atoms in total. The summed E-state index contributed by atoms with van der Waals surface area (Å²) in [5.41, 5.74) is 1.66. The lowest BCUT2D eigenvalue weighted by Gasteiger charge is -2.35. The van der Waals surface area contributed by atoms with Gasteiger partial charge in [0, 0.05) is 31.6 Å². The second-order valence-corrected chi connectivity index (χ2v) is 6.74. The summed E-state index contributed by atoms with van der Waals surface area (Å²) in [6.45, 7) is 5.15. The molecule has 0 N–H and O–H groups in total. The van der Waals surface area contributed by atoms with Gasteiger partial charge in [-0.05, 0) is 31.2 Å². The summed E-state index contributed by atoms with van der Waals surface area (Å²) < 4.78 is 5.66. The smallest absolute Gasteiger partial charge is 0.246 e. The van der Waals surface area contributed by atoms with Crippen molar-refractivity contribution in [2.45, 2.75) is 6.92 Å². The molecule has 4 aromatic rings. The molecule has 1 aliphatic rings. The minimum atomic E-state index is 0.624. The first-order chi connectivity index (χ1) is 13.8. The van der Waals surface area contributed by atoms with Gasteiger partial charge in [-0.15, -0.1) is 5.10 Å². The third-order valence-electron chi connectivity index (χ3n) is 4.92. The normalized spacial score (nSPS) is 14.6. The highest BCUT2D eigenvalue weighted by molar-refractivity contribution is 5.89. The van der Waals surface area contributed by atoms with Gasteiger partial charge in [0.2, 0.25) is 5.95 Å². The van der Waals surface area contributed by atoms with E-state index in [2.05, 4.69) is 41.0 Å². The summed E-state index contributed by atoms with van der Waals surface area (Å²) in [5, 5.41) is 9.41. The Morgan fingerprint density at radius 1 is 0.929 bits per heavy atom. The van der Waals surface area contributed by atoms with Gasteiger partial charge in [-0.25, -0.2) is 15.0 Å². The van der Waals surface area contributed by atoms with E-state index in [-0.39, 0.29) is 0 Å². The van der Waals surface area contributed by atoms with E-state index in [1.807, 2.05) is 37.3 Å². The second-order valence-electron chi connectivity index (χ2n) is 6.74. The van der Waals surface area contributed by atoms with Crippen LogP contribution in [0.4, 0.5) is 11.8 Å². The maximum Gasteiger partial charge on any atom is 0.246 e. The van der Waals surface area contributed by atoms with Crippen LogP contribution in [0.25, 0.3) is 22.4 Å². The van der Waals surface area contributed by atoms with E-state index >= 15 is 0 Å². The monoisotopic (exact) mass is 373 g/mol. The predicted octanol–water partition coefficient (Wildman–Crippen LogP) is 2.71. The molecule has 0 aliphatic carbocycles. The molecular formula is C20H19N7O. The molecule has 1 aliphatic heterocycles. The molecule has 140 valence electrons. The maximum absolute atomic E-state index is 5.66. The Kier molecular flexibility index (Phi) is 4.08. The minimum Gasteiger partial charge on any atom is -0.460 e. The molecule has 0 atom stereocenters. The number of nitrogens with zero attached hydrogens (tertiary/aromatic N) is 7. The number of aryl methyl sites for hydroxylation is 1. The highest BCUT2D eigenvalue weighted by Gasteiger charge is 2.22. The van der Waals surface area contributed by atoms with Gasteiger partial charge in [0.15, 0.2) is 5.76 Å². The Morgan fingerprint density at radius 3 is 2.57 bits per heavy atom. The topological polar surface area (TPSA) is 84.1 Å². The number of furan rings is 1. The van der Waals surface area contributed by atoms with Gasteiger partial charge >= 0.3 is 0 Å². The highest BCUT2D eigenvalue weighted by atomic mass is 16.3. The van der Waals surface area contributed by atoms with Gasteiger partial charge in [0.05, 0.1) is 11.7 Å². The minimum absolute atomic E-state index is 0.624. The average Bonchev–Trinajstić information content (AvgIpc) is 3.20. The van der Waals surface area contributed by atoms with Crippen molar-refractivity contribution in [3.63, 3.8) is 0 Å². The Morgan fingerprint density at radius 2 is 1.75 bits per heavy atom. The van der Waals surface area contributed by atoms with Crippen molar-refractivity contribution in [2.24, 2.45) is 0 Å². The number of para-hydroxylation sites is 1. The van der Waals surface area contributed by atoms with E-state index in [0.29, 0.717) is 17.4 Å². The van der Waals surface area contributed by atoms with Crippen LogP contribution in [0.3, 0.4) is 0 Å². The van der Waals surface area contributed by atoms with E-state index < -0.39 is 0 Å². The molecule has 3 aromatic heterocycles. The second kappa shape index (κ2) is 6.88. The molecule has 4 heterocycles. The lowest BCUT2D eigenvalue weighted by Crippen LogP contribution is -2.47. The maximum atomic E-state index is 5.66. The van der Waals surface area contributed by atoms with Gasteiger partial charge in [0.25, 0.3) is 0 Å². The number of rotatable bonds is 3. The van der Waals surface area contributed by atoms with Crippen molar-refractivity contribution in [3.8, 4) is 11.5 Å². The summed E-state index contributed by atoms with van der Waals surface area (Å²) >= 11 is 0. The Balaban J connectivity index is 1.35. The van der Waals surface area contributed by atoms with E-state index in [0.717, 1.165) is 48.7 Å². The van der Waals surface area contributed by atoms with Crippen molar-refractivity contribution in [2.75, 3.05) is 36.0 Å². The zero-order valence-corrected chi connectivity index (χ0v) is 15.5. The standard InChI is InChI=1S/C20H19N7O/c1-14-6-7-18(28-14)17-12-23-25-20(24-17)27-10-8-26(9-11-27)19-15-4-2-3-5-16(15)21-13-22-19/h2-7,12-13H,8-11H2,1H3. The summed E-state index contributed by atoms with van der Waals surface area (Å²) in [5.74, 6) is 3.16. The summed E-state index contributed by atoms with van der Waals surface area (Å²) in [6.07, 6.45) is 3.26. The van der Waals surface area contributed by atoms with Crippen LogP contribution >= 0.6 is 0 Å². The van der Waals surface area contributed by atoms with Crippen LogP contribution in [-0.2, 0) is 0 Å². The average molecular weight is 373 g/mol. The van der Waals surface area contributed by atoms with Crippen molar-refractivity contribution in [1.29, 1.82) is 0 Å². The molecule has 0 unspecified atom stereocenters. The first kappa shape index (κ1) is 16.6. The fourth-order valence-electron chi connectivity index (χ4n) is 3.48. The van der Waals surface area contributed by atoms with Crippen molar-refractivity contribution in [3.05, 3.63) is 54.7 Å². The zero-order valence-electron chi connectivity index (χ0n) is 15.5. The van der Waals surface area contributed by atoms with Gasteiger partial charge in [-0.1, -0.05) is 12.1 Å². The van der Waals surface area contributed by atoms with Crippen LogP contribution in [0.5, 0.6) is 0 Å². The Hall–Kier alpha value is -3.55. The highest BCUT2D eigenvalue weighted by Crippen LogP contribution is 2.25. The first-order valence-corrected chi connectivity index (χ1v) is 9.24. The molecule has 1 saturated heterocycles. The number of hydrogen-bond donors (Lipinski definition) is 0. The molecule has 1 fully saturated rings. The largest absolute Gasteiger partial charge is 0.460 e. The molecule has 28 heavy (non-hydrogen) atoms. The van der Waals surface area contributed by atoms with Crippen LogP contribution in [0.1, 0.15) is 5.76 Å². The van der Waals surface area contributed by atoms with Crippen LogP contribution in [0.2, 0.25) is 0 Å². The third-order valence-corrected chi connectivity index (χ3v) is 4.92. The fraction of sp³-hybridized carbons (Fsp3) is 0.250. The van der Waals surface area contributed by atoms with Crippen LogP contribution in [0, 0.1) is 6.92 Å². The van der Waals surface area contributed by atoms with Gasteiger partial charge in [-0.2, -0.15) is 5.10 Å². The third kappa shape index (κ3) is 3.02.